The summed E-state index contributed by atoms with van der Waals surface area (Å²) in [7, 11) is 0. The monoisotopic (exact) mass is 358 g/mol. The summed E-state index contributed by atoms with van der Waals surface area (Å²) >= 11 is 0. The van der Waals surface area contributed by atoms with Crippen LogP contribution in [0.2, 0.25) is 0 Å². The maximum Gasteiger partial charge on any atom is 0.416 e. The molecular weight excluding hydrogens is 337 g/mol. The molecule has 2 aliphatic heterocycles. The van der Waals surface area contributed by atoms with Crippen molar-refractivity contribution in [3.05, 3.63) is 35.4 Å². The molecular formula is C17H21F3N2O3. The molecule has 0 saturated carbocycles. The van der Waals surface area contributed by atoms with Crippen LogP contribution in [0.4, 0.5) is 13.2 Å². The number of hydrogen-bond donors (Lipinski definition) is 1. The van der Waals surface area contributed by atoms with Gasteiger partial charge in [-0.2, -0.15) is 13.2 Å². The minimum Gasteiger partial charge on any atom is -0.381 e. The van der Waals surface area contributed by atoms with Crippen molar-refractivity contribution in [1.29, 1.82) is 0 Å². The van der Waals surface area contributed by atoms with Gasteiger partial charge >= 0.3 is 6.18 Å². The molecule has 1 atom stereocenters. The summed E-state index contributed by atoms with van der Waals surface area (Å²) in [5, 5.41) is 0. The van der Waals surface area contributed by atoms with Crippen LogP contribution in [-0.4, -0.2) is 49.3 Å². The predicted molar refractivity (Wildman–Crippen MR) is 83.7 cm³/mol. The molecule has 0 spiro atoms. The molecule has 0 bridgehead atoms. The first-order chi connectivity index (χ1) is 11.8. The number of rotatable bonds is 2. The van der Waals surface area contributed by atoms with Gasteiger partial charge in [0.2, 0.25) is 5.91 Å². The number of alkyl halides is 3. The lowest BCUT2D eigenvalue weighted by atomic mass is 9.89. The highest BCUT2D eigenvalue weighted by Gasteiger charge is 2.41. The number of amides is 1. The second-order valence-corrected chi connectivity index (χ2v) is 6.50. The Balaban J connectivity index is 1.74. The molecule has 5 nitrogen and oxygen atoms in total. The lowest BCUT2D eigenvalue weighted by Crippen LogP contribution is -2.60. The molecule has 3 rings (SSSR count). The van der Waals surface area contributed by atoms with E-state index in [0.717, 1.165) is 12.1 Å². The molecule has 8 heteroatoms. The zero-order valence-corrected chi connectivity index (χ0v) is 13.7. The van der Waals surface area contributed by atoms with Crippen LogP contribution in [0.25, 0.3) is 0 Å². The number of halogens is 3. The Morgan fingerprint density at radius 3 is 2.64 bits per heavy atom. The number of nitrogens with two attached hydrogens (primary N) is 1. The number of ether oxygens (including phenoxy) is 2. The van der Waals surface area contributed by atoms with Gasteiger partial charge in [-0.1, -0.05) is 12.1 Å². The number of carbonyl (C=O) groups is 1. The molecule has 2 N–H and O–H groups in total. The van der Waals surface area contributed by atoms with Crippen molar-refractivity contribution < 1.29 is 27.4 Å². The first kappa shape index (κ1) is 18.2. The van der Waals surface area contributed by atoms with E-state index in [-0.39, 0.29) is 19.1 Å². The average Bonchev–Trinajstić information content (AvgIpc) is 2.61. The van der Waals surface area contributed by atoms with Gasteiger partial charge in [-0.3, -0.25) is 4.79 Å². The lowest BCUT2D eigenvalue weighted by Gasteiger charge is -2.40. The third-order valence-corrected chi connectivity index (χ3v) is 4.75. The minimum atomic E-state index is -4.41. The fourth-order valence-electron chi connectivity index (χ4n) is 3.22. The largest absolute Gasteiger partial charge is 0.416 e. The Bertz CT molecular complexity index is 630. The van der Waals surface area contributed by atoms with E-state index in [2.05, 4.69) is 0 Å². The summed E-state index contributed by atoms with van der Waals surface area (Å²) in [5.74, 6) is -0.184. The normalized spacial score (nSPS) is 24.2. The smallest absolute Gasteiger partial charge is 0.381 e. The SMILES string of the molecule is NC1(C(=O)N2CCOC(c3cccc(C(F)(F)F)c3)C2)CCOCC1. The van der Waals surface area contributed by atoms with Gasteiger partial charge in [-0.15, -0.1) is 0 Å². The zero-order chi connectivity index (χ0) is 18.1. The summed E-state index contributed by atoms with van der Waals surface area (Å²) in [6.07, 6.45) is -4.12. The van der Waals surface area contributed by atoms with Crippen LogP contribution in [-0.2, 0) is 20.4 Å². The fraction of sp³-hybridized carbons (Fsp3) is 0.588. The van der Waals surface area contributed by atoms with Gasteiger partial charge in [0.15, 0.2) is 0 Å². The predicted octanol–water partition coefficient (Wildman–Crippen LogP) is 2.11. The highest BCUT2D eigenvalue weighted by Crippen LogP contribution is 2.32. The Morgan fingerprint density at radius 1 is 1.24 bits per heavy atom. The maximum atomic E-state index is 12.9. The van der Waals surface area contributed by atoms with Crippen LogP contribution in [0.5, 0.6) is 0 Å². The third-order valence-electron chi connectivity index (χ3n) is 4.75. The van der Waals surface area contributed by atoms with E-state index >= 15 is 0 Å². The molecule has 0 aromatic heterocycles. The van der Waals surface area contributed by atoms with Crippen LogP contribution in [0.15, 0.2) is 24.3 Å². The van der Waals surface area contributed by atoms with Gasteiger partial charge in [0.25, 0.3) is 0 Å². The third kappa shape index (κ3) is 3.96. The molecule has 2 heterocycles. The van der Waals surface area contributed by atoms with E-state index in [1.165, 1.54) is 6.07 Å². The van der Waals surface area contributed by atoms with Crippen molar-refractivity contribution in [3.8, 4) is 0 Å². The van der Waals surface area contributed by atoms with Crippen LogP contribution >= 0.6 is 0 Å². The number of benzene rings is 1. The lowest BCUT2D eigenvalue weighted by molar-refractivity contribution is -0.148. The summed E-state index contributed by atoms with van der Waals surface area (Å²) in [4.78, 5) is 14.4. The summed E-state index contributed by atoms with van der Waals surface area (Å²) in [6.45, 7) is 1.71. The second kappa shape index (κ2) is 6.93. The van der Waals surface area contributed by atoms with Gasteiger partial charge in [0, 0.05) is 19.8 Å². The molecule has 1 aromatic rings. The second-order valence-electron chi connectivity index (χ2n) is 6.50. The van der Waals surface area contributed by atoms with Crippen LogP contribution in [0, 0.1) is 0 Å². The molecule has 25 heavy (non-hydrogen) atoms. The fourth-order valence-corrected chi connectivity index (χ4v) is 3.22. The topological polar surface area (TPSA) is 64.8 Å². The molecule has 1 amide bonds. The standard InChI is InChI=1S/C17H21F3N2O3/c18-17(19,20)13-3-1-2-12(10-13)14-11-22(6-9-25-14)15(23)16(21)4-7-24-8-5-16/h1-3,10,14H,4-9,11,21H2. The summed E-state index contributed by atoms with van der Waals surface area (Å²) in [5.41, 5.74) is 4.96. The van der Waals surface area contributed by atoms with Gasteiger partial charge in [-0.05, 0) is 30.5 Å². The van der Waals surface area contributed by atoms with Gasteiger partial charge < -0.3 is 20.1 Å². The molecule has 2 aliphatic rings. The molecule has 2 saturated heterocycles. The molecule has 0 radical (unpaired) electrons. The van der Waals surface area contributed by atoms with E-state index in [9.17, 15) is 18.0 Å². The van der Waals surface area contributed by atoms with Crippen molar-refractivity contribution in [2.75, 3.05) is 32.9 Å². The Hall–Kier alpha value is -1.64. The quantitative estimate of drug-likeness (QED) is 0.880. The van der Waals surface area contributed by atoms with E-state index in [1.54, 1.807) is 11.0 Å². The van der Waals surface area contributed by atoms with Crippen molar-refractivity contribution in [1.82, 2.24) is 4.90 Å². The first-order valence-corrected chi connectivity index (χ1v) is 8.24. The van der Waals surface area contributed by atoms with Crippen LogP contribution in [0.3, 0.4) is 0 Å². The average molecular weight is 358 g/mol. The van der Waals surface area contributed by atoms with E-state index in [1.807, 2.05) is 0 Å². The summed E-state index contributed by atoms with van der Waals surface area (Å²) < 4.78 is 49.6. The first-order valence-electron chi connectivity index (χ1n) is 8.24. The highest BCUT2D eigenvalue weighted by atomic mass is 19.4. The van der Waals surface area contributed by atoms with Crippen molar-refractivity contribution in [2.45, 2.75) is 30.7 Å². The summed E-state index contributed by atoms with van der Waals surface area (Å²) in [6, 6.07) is 5.03. The molecule has 1 aromatic carbocycles. The molecule has 0 aliphatic carbocycles. The Kier molecular flexibility index (Phi) is 5.04. The van der Waals surface area contributed by atoms with E-state index < -0.39 is 23.4 Å². The number of nitrogens with zero attached hydrogens (tertiary/aromatic N) is 1. The van der Waals surface area contributed by atoms with E-state index in [4.69, 9.17) is 15.2 Å². The van der Waals surface area contributed by atoms with Gasteiger partial charge in [-0.25, -0.2) is 0 Å². The number of hydrogen-bond acceptors (Lipinski definition) is 4. The van der Waals surface area contributed by atoms with Crippen molar-refractivity contribution >= 4 is 5.91 Å². The Morgan fingerprint density at radius 2 is 1.96 bits per heavy atom. The molecule has 138 valence electrons. The zero-order valence-electron chi connectivity index (χ0n) is 13.7. The van der Waals surface area contributed by atoms with Crippen LogP contribution in [0.1, 0.15) is 30.1 Å². The minimum absolute atomic E-state index is 0.184. The van der Waals surface area contributed by atoms with Crippen molar-refractivity contribution in [2.24, 2.45) is 5.73 Å². The maximum absolute atomic E-state index is 12.9. The Labute approximate surface area is 143 Å². The molecule has 1 unspecified atom stereocenters. The molecule has 2 fully saturated rings. The van der Waals surface area contributed by atoms with Crippen LogP contribution < -0.4 is 5.73 Å². The van der Waals surface area contributed by atoms with Gasteiger partial charge in [0.1, 0.15) is 6.10 Å². The number of carbonyl (C=O) groups excluding carboxylic acids is 1. The highest BCUT2D eigenvalue weighted by molar-refractivity contribution is 5.86. The number of morpholine rings is 1. The van der Waals surface area contributed by atoms with Crippen molar-refractivity contribution in [3.63, 3.8) is 0 Å². The van der Waals surface area contributed by atoms with Gasteiger partial charge in [0.05, 0.1) is 24.3 Å². The van der Waals surface area contributed by atoms with E-state index in [0.29, 0.717) is 38.2 Å².